The van der Waals surface area contributed by atoms with Gasteiger partial charge in [0.2, 0.25) is 10.0 Å². The van der Waals surface area contributed by atoms with Gasteiger partial charge in [0, 0.05) is 18.8 Å². The van der Waals surface area contributed by atoms with Crippen molar-refractivity contribution in [2.45, 2.75) is 44.0 Å². The van der Waals surface area contributed by atoms with E-state index in [9.17, 15) is 12.8 Å². The highest BCUT2D eigenvalue weighted by molar-refractivity contribution is 7.89. The maximum absolute atomic E-state index is 13.3. The van der Waals surface area contributed by atoms with Gasteiger partial charge in [0.05, 0.1) is 27.9 Å². The first-order chi connectivity index (χ1) is 13.9. The Balaban J connectivity index is 1.81. The van der Waals surface area contributed by atoms with E-state index in [1.807, 2.05) is 6.92 Å². The first-order valence-corrected chi connectivity index (χ1v) is 10.8. The quantitative estimate of drug-likeness (QED) is 0.643. The Bertz CT molecular complexity index is 1130. The molecule has 0 aliphatic carbocycles. The van der Waals surface area contributed by atoms with Crippen LogP contribution >= 0.6 is 0 Å². The van der Waals surface area contributed by atoms with Crippen molar-refractivity contribution >= 4 is 10.0 Å². The summed E-state index contributed by atoms with van der Waals surface area (Å²) in [5.74, 6) is 0.570. The number of benzene rings is 1. The second kappa shape index (κ2) is 7.64. The van der Waals surface area contributed by atoms with Gasteiger partial charge in [-0.2, -0.15) is 4.31 Å². The molecule has 29 heavy (non-hydrogen) atoms. The molecular weight excluding hydrogens is 395 g/mol. The van der Waals surface area contributed by atoms with Crippen LogP contribution in [0.25, 0.3) is 11.3 Å². The molecule has 0 unspecified atom stereocenters. The molecule has 1 fully saturated rings. The lowest BCUT2D eigenvalue weighted by Crippen LogP contribution is -2.39. The largest absolute Gasteiger partial charge is 0.356 e. The summed E-state index contributed by atoms with van der Waals surface area (Å²) in [6, 6.07) is 6.21. The van der Waals surface area contributed by atoms with Crippen LogP contribution in [0.5, 0.6) is 0 Å². The molecule has 0 N–H and O–H groups in total. The lowest BCUT2D eigenvalue weighted by atomic mass is 9.98. The molecule has 3 heterocycles. The van der Waals surface area contributed by atoms with Gasteiger partial charge >= 0.3 is 0 Å². The molecule has 0 amide bonds. The van der Waals surface area contributed by atoms with Gasteiger partial charge in [-0.15, -0.1) is 0 Å². The van der Waals surface area contributed by atoms with Crippen molar-refractivity contribution in [2.24, 2.45) is 0 Å². The van der Waals surface area contributed by atoms with E-state index in [-0.39, 0.29) is 4.90 Å². The highest BCUT2D eigenvalue weighted by atomic mass is 32.2. The molecule has 152 valence electrons. The van der Waals surface area contributed by atoms with Crippen LogP contribution in [0.3, 0.4) is 0 Å². The fourth-order valence-electron chi connectivity index (χ4n) is 3.63. The number of sulfonamides is 1. The minimum absolute atomic E-state index is 0.0636. The topological polar surface area (TPSA) is 89.2 Å². The van der Waals surface area contributed by atoms with Gasteiger partial charge in [-0.05, 0) is 51.0 Å². The predicted octanol–water partition coefficient (Wildman–Crippen LogP) is 3.80. The van der Waals surface area contributed by atoms with Crippen molar-refractivity contribution in [3.8, 4) is 11.3 Å². The monoisotopic (exact) mass is 416 g/mol. The summed E-state index contributed by atoms with van der Waals surface area (Å²) < 4.78 is 46.8. The Morgan fingerprint density at radius 2 is 1.93 bits per heavy atom. The molecule has 0 saturated carbocycles. The second-order valence-corrected chi connectivity index (χ2v) is 9.02. The maximum atomic E-state index is 13.3. The summed E-state index contributed by atoms with van der Waals surface area (Å²) in [7, 11) is -3.82. The summed E-state index contributed by atoms with van der Waals surface area (Å²) in [4.78, 5) is 8.92. The lowest BCUT2D eigenvalue weighted by Gasteiger charge is -2.35. The van der Waals surface area contributed by atoms with E-state index >= 15 is 0 Å². The van der Waals surface area contributed by atoms with Crippen LogP contribution < -0.4 is 0 Å². The number of aromatic nitrogens is 3. The van der Waals surface area contributed by atoms with Gasteiger partial charge in [0.1, 0.15) is 11.6 Å². The van der Waals surface area contributed by atoms with Crippen LogP contribution in [0.2, 0.25) is 0 Å². The number of hydrogen-bond donors (Lipinski definition) is 0. The SMILES string of the molecule is Cc1cc(-c2cnc(C)nc2[C@H]2CCCCN2S(=O)(=O)c2ccc(F)cc2)on1. The fraction of sp³-hybridized carbons (Fsp3) is 0.350. The van der Waals surface area contributed by atoms with Gasteiger partial charge in [0.25, 0.3) is 0 Å². The van der Waals surface area contributed by atoms with Crippen LogP contribution in [0.1, 0.15) is 42.5 Å². The standard InChI is InChI=1S/C20H21FN4O3S/c1-13-11-19(28-24-13)17-12-22-14(2)23-20(17)18-5-3-4-10-25(18)29(26,27)16-8-6-15(21)7-9-16/h6-9,11-12,18H,3-5,10H2,1-2H3/t18-/m1/s1. The van der Waals surface area contributed by atoms with Crippen molar-refractivity contribution < 1.29 is 17.3 Å². The minimum atomic E-state index is -3.82. The van der Waals surface area contributed by atoms with E-state index in [1.54, 1.807) is 19.2 Å². The molecule has 1 atom stereocenters. The molecular formula is C20H21FN4O3S. The minimum Gasteiger partial charge on any atom is -0.356 e. The second-order valence-electron chi connectivity index (χ2n) is 7.13. The summed E-state index contributed by atoms with van der Waals surface area (Å²) in [5.41, 5.74) is 1.94. The van der Waals surface area contributed by atoms with Gasteiger partial charge in [0.15, 0.2) is 5.76 Å². The van der Waals surface area contributed by atoms with Crippen LogP contribution in [0.4, 0.5) is 4.39 Å². The first kappa shape index (κ1) is 19.7. The smallest absolute Gasteiger partial charge is 0.243 e. The van der Waals surface area contributed by atoms with Crippen LogP contribution in [-0.4, -0.2) is 34.4 Å². The van der Waals surface area contributed by atoms with E-state index < -0.39 is 21.9 Å². The molecule has 3 aromatic rings. The highest BCUT2D eigenvalue weighted by Crippen LogP contribution is 2.38. The Hall–Kier alpha value is -2.65. The number of nitrogens with zero attached hydrogens (tertiary/aromatic N) is 4. The van der Waals surface area contributed by atoms with Crippen LogP contribution in [0.15, 0.2) is 45.9 Å². The summed E-state index contributed by atoms with van der Waals surface area (Å²) in [6.07, 6.45) is 3.89. The molecule has 0 bridgehead atoms. The average molecular weight is 416 g/mol. The molecule has 1 aromatic carbocycles. The van der Waals surface area contributed by atoms with Gasteiger partial charge in [-0.1, -0.05) is 11.6 Å². The summed E-state index contributed by atoms with van der Waals surface area (Å²) >= 11 is 0. The van der Waals surface area contributed by atoms with Crippen LogP contribution in [0, 0.1) is 19.7 Å². The maximum Gasteiger partial charge on any atom is 0.243 e. The summed E-state index contributed by atoms with van der Waals surface area (Å²) in [5, 5.41) is 3.93. The van der Waals surface area contributed by atoms with E-state index in [0.29, 0.717) is 41.5 Å². The molecule has 1 saturated heterocycles. The molecule has 1 aliphatic heterocycles. The van der Waals surface area contributed by atoms with E-state index in [1.165, 1.54) is 16.4 Å². The van der Waals surface area contributed by atoms with Crippen molar-refractivity contribution in [3.05, 3.63) is 59.6 Å². The number of hydrogen-bond acceptors (Lipinski definition) is 6. The normalized spacial score (nSPS) is 18.1. The fourth-order valence-corrected chi connectivity index (χ4v) is 5.29. The Labute approximate surface area is 168 Å². The number of aryl methyl sites for hydroxylation is 2. The third kappa shape index (κ3) is 3.79. The van der Waals surface area contributed by atoms with Gasteiger partial charge < -0.3 is 4.52 Å². The van der Waals surface area contributed by atoms with E-state index in [0.717, 1.165) is 25.0 Å². The lowest BCUT2D eigenvalue weighted by molar-refractivity contribution is 0.251. The summed E-state index contributed by atoms with van der Waals surface area (Å²) in [6.45, 7) is 3.94. The number of rotatable bonds is 4. The predicted molar refractivity (Wildman–Crippen MR) is 104 cm³/mol. The molecule has 2 aromatic heterocycles. The Morgan fingerprint density at radius 3 is 2.62 bits per heavy atom. The molecule has 0 spiro atoms. The van der Waals surface area contributed by atoms with Crippen molar-refractivity contribution in [1.29, 1.82) is 0 Å². The van der Waals surface area contributed by atoms with Crippen molar-refractivity contribution in [3.63, 3.8) is 0 Å². The van der Waals surface area contributed by atoms with Gasteiger partial charge in [-0.3, -0.25) is 0 Å². The third-order valence-corrected chi connectivity index (χ3v) is 6.94. The molecule has 1 aliphatic rings. The molecule has 4 rings (SSSR count). The zero-order valence-electron chi connectivity index (χ0n) is 16.2. The zero-order chi connectivity index (χ0) is 20.6. The Morgan fingerprint density at radius 1 is 1.17 bits per heavy atom. The molecule has 9 heteroatoms. The van der Waals surface area contributed by atoms with Crippen molar-refractivity contribution in [2.75, 3.05) is 6.54 Å². The Kier molecular flexibility index (Phi) is 5.18. The highest BCUT2D eigenvalue weighted by Gasteiger charge is 2.37. The molecule has 0 radical (unpaired) electrons. The van der Waals surface area contributed by atoms with Crippen molar-refractivity contribution in [1.82, 2.24) is 19.4 Å². The van der Waals surface area contributed by atoms with E-state index in [2.05, 4.69) is 15.1 Å². The first-order valence-electron chi connectivity index (χ1n) is 9.41. The zero-order valence-corrected chi connectivity index (χ0v) is 17.0. The third-order valence-electron chi connectivity index (χ3n) is 5.02. The number of halogens is 1. The van der Waals surface area contributed by atoms with Crippen LogP contribution in [-0.2, 0) is 10.0 Å². The molecule has 7 nitrogen and oxygen atoms in total. The number of piperidine rings is 1. The van der Waals surface area contributed by atoms with E-state index in [4.69, 9.17) is 4.52 Å². The average Bonchev–Trinajstić information content (AvgIpc) is 3.14. The van der Waals surface area contributed by atoms with Gasteiger partial charge in [-0.25, -0.2) is 22.8 Å².